The molecule has 4 heteroatoms. The van der Waals surface area contributed by atoms with E-state index in [0.717, 1.165) is 5.56 Å². The molecule has 15 heavy (non-hydrogen) atoms. The minimum atomic E-state index is 0.156. The molecule has 1 aromatic heterocycles. The highest BCUT2D eigenvalue weighted by molar-refractivity contribution is 5.31. The van der Waals surface area contributed by atoms with Gasteiger partial charge in [-0.15, -0.1) is 0 Å². The van der Waals surface area contributed by atoms with Crippen LogP contribution in [0.15, 0.2) is 6.20 Å². The third kappa shape index (κ3) is 3.08. The molecule has 0 radical (unpaired) electrons. The molecule has 0 aromatic carbocycles. The van der Waals surface area contributed by atoms with Crippen LogP contribution < -0.4 is 10.1 Å². The first-order chi connectivity index (χ1) is 7.04. The highest BCUT2D eigenvalue weighted by Gasteiger charge is 2.12. The molecule has 1 N–H and O–H groups in total. The minimum absolute atomic E-state index is 0.156. The minimum Gasteiger partial charge on any atom is -0.474 e. The van der Waals surface area contributed by atoms with Gasteiger partial charge in [0.2, 0.25) is 11.8 Å². The number of anilines is 1. The van der Waals surface area contributed by atoms with Gasteiger partial charge in [0.1, 0.15) is 0 Å². The Hall–Kier alpha value is -1.32. The van der Waals surface area contributed by atoms with Gasteiger partial charge in [0.15, 0.2) is 0 Å². The monoisotopic (exact) mass is 209 g/mol. The van der Waals surface area contributed by atoms with Crippen LogP contribution in [-0.2, 0) is 0 Å². The Balaban J connectivity index is 2.83. The Morgan fingerprint density at radius 2 is 2.00 bits per heavy atom. The fourth-order valence-electron chi connectivity index (χ4n) is 0.978. The van der Waals surface area contributed by atoms with E-state index < -0.39 is 0 Å². The Bertz CT molecular complexity index is 326. The topological polar surface area (TPSA) is 47.0 Å². The second kappa shape index (κ2) is 4.96. The molecule has 0 spiro atoms. The summed E-state index contributed by atoms with van der Waals surface area (Å²) in [6, 6.07) is 0. The highest BCUT2D eigenvalue weighted by atomic mass is 16.5. The zero-order valence-electron chi connectivity index (χ0n) is 10.0. The summed E-state index contributed by atoms with van der Waals surface area (Å²) < 4.78 is 5.76. The molecular weight excluding hydrogens is 190 g/mol. The maximum absolute atomic E-state index is 5.76. The third-order valence-corrected chi connectivity index (χ3v) is 2.39. The van der Waals surface area contributed by atoms with Gasteiger partial charge >= 0.3 is 0 Å². The van der Waals surface area contributed by atoms with Gasteiger partial charge in [0.25, 0.3) is 0 Å². The smallest absolute Gasteiger partial charge is 0.225 e. The normalized spacial score (nSPS) is 12.7. The molecule has 0 fully saturated rings. The zero-order chi connectivity index (χ0) is 11.4. The molecule has 1 atom stereocenters. The molecule has 0 aliphatic rings. The van der Waals surface area contributed by atoms with Crippen molar-refractivity contribution in [3.05, 3.63) is 11.8 Å². The third-order valence-electron chi connectivity index (χ3n) is 2.39. The largest absolute Gasteiger partial charge is 0.474 e. The number of hydrogen-bond acceptors (Lipinski definition) is 4. The fourth-order valence-corrected chi connectivity index (χ4v) is 0.978. The molecule has 0 amide bonds. The van der Waals surface area contributed by atoms with E-state index in [1.165, 1.54) is 0 Å². The van der Waals surface area contributed by atoms with Gasteiger partial charge in [-0.3, -0.25) is 0 Å². The number of rotatable bonds is 4. The van der Waals surface area contributed by atoms with E-state index in [0.29, 0.717) is 17.7 Å². The first-order valence-corrected chi connectivity index (χ1v) is 5.22. The van der Waals surface area contributed by atoms with E-state index >= 15 is 0 Å². The van der Waals surface area contributed by atoms with Gasteiger partial charge in [-0.25, -0.2) is 4.98 Å². The lowest BCUT2D eigenvalue weighted by molar-refractivity contribution is 0.162. The summed E-state index contributed by atoms with van der Waals surface area (Å²) in [6.07, 6.45) is 1.92. The van der Waals surface area contributed by atoms with Gasteiger partial charge in [0.05, 0.1) is 6.10 Å². The summed E-state index contributed by atoms with van der Waals surface area (Å²) in [5.74, 6) is 1.72. The summed E-state index contributed by atoms with van der Waals surface area (Å²) in [7, 11) is 1.79. The predicted molar refractivity (Wildman–Crippen MR) is 61.2 cm³/mol. The van der Waals surface area contributed by atoms with Crippen LogP contribution in [0.3, 0.4) is 0 Å². The summed E-state index contributed by atoms with van der Waals surface area (Å²) >= 11 is 0. The maximum Gasteiger partial charge on any atom is 0.225 e. The molecule has 1 rings (SSSR count). The van der Waals surface area contributed by atoms with Crippen molar-refractivity contribution in [2.75, 3.05) is 12.4 Å². The summed E-state index contributed by atoms with van der Waals surface area (Å²) in [4.78, 5) is 8.38. The summed E-state index contributed by atoms with van der Waals surface area (Å²) in [5.41, 5.74) is 0.960. The maximum atomic E-state index is 5.76. The lowest BCUT2D eigenvalue weighted by Gasteiger charge is -2.18. The first-order valence-electron chi connectivity index (χ1n) is 5.22. The van der Waals surface area contributed by atoms with Crippen molar-refractivity contribution in [1.82, 2.24) is 9.97 Å². The molecule has 4 nitrogen and oxygen atoms in total. The molecule has 1 unspecified atom stereocenters. The average Bonchev–Trinajstić information content (AvgIpc) is 2.21. The van der Waals surface area contributed by atoms with Gasteiger partial charge in [-0.05, 0) is 19.8 Å². The van der Waals surface area contributed by atoms with Crippen molar-refractivity contribution in [2.45, 2.75) is 33.8 Å². The molecule has 1 heterocycles. The Kier molecular flexibility index (Phi) is 3.88. The lowest BCUT2D eigenvalue weighted by atomic mass is 10.1. The van der Waals surface area contributed by atoms with Crippen molar-refractivity contribution in [3.8, 4) is 5.88 Å². The highest BCUT2D eigenvalue weighted by Crippen LogP contribution is 2.18. The summed E-state index contributed by atoms with van der Waals surface area (Å²) in [5, 5.41) is 2.89. The van der Waals surface area contributed by atoms with E-state index in [1.807, 2.05) is 13.8 Å². The molecule has 0 bridgehead atoms. The predicted octanol–water partition coefficient (Wildman–Crippen LogP) is 2.25. The van der Waals surface area contributed by atoms with Gasteiger partial charge in [-0.2, -0.15) is 4.98 Å². The van der Waals surface area contributed by atoms with E-state index in [4.69, 9.17) is 4.74 Å². The molecule has 84 valence electrons. The number of nitrogens with zero attached hydrogens (tertiary/aromatic N) is 2. The zero-order valence-corrected chi connectivity index (χ0v) is 10.0. The average molecular weight is 209 g/mol. The quantitative estimate of drug-likeness (QED) is 0.826. The molecule has 1 aromatic rings. The van der Waals surface area contributed by atoms with Gasteiger partial charge in [-0.1, -0.05) is 13.8 Å². The molecule has 0 aliphatic carbocycles. The standard InChI is InChI=1S/C11H19N3O/c1-7(2)9(4)15-10-8(3)6-13-11(12-5)14-10/h6-7,9H,1-5H3,(H,12,13,14). The molecular formula is C11H19N3O. The van der Waals surface area contributed by atoms with Crippen molar-refractivity contribution in [2.24, 2.45) is 5.92 Å². The Morgan fingerprint density at radius 3 is 2.53 bits per heavy atom. The second-order valence-electron chi connectivity index (χ2n) is 4.00. The van der Waals surface area contributed by atoms with Crippen LogP contribution in [0.2, 0.25) is 0 Å². The van der Waals surface area contributed by atoms with Crippen LogP contribution in [0.25, 0.3) is 0 Å². The number of aryl methyl sites for hydroxylation is 1. The van der Waals surface area contributed by atoms with Crippen LogP contribution in [0.1, 0.15) is 26.3 Å². The molecule has 0 aliphatic heterocycles. The first kappa shape index (κ1) is 11.8. The second-order valence-corrected chi connectivity index (χ2v) is 4.00. The van der Waals surface area contributed by atoms with E-state index in [9.17, 15) is 0 Å². The molecule has 0 saturated carbocycles. The number of aromatic nitrogens is 2. The van der Waals surface area contributed by atoms with Crippen LogP contribution in [-0.4, -0.2) is 23.1 Å². The van der Waals surface area contributed by atoms with Crippen LogP contribution in [0.4, 0.5) is 5.95 Å². The van der Waals surface area contributed by atoms with Crippen molar-refractivity contribution >= 4 is 5.95 Å². The van der Waals surface area contributed by atoms with E-state index in [2.05, 4.69) is 29.1 Å². The Labute approximate surface area is 91.1 Å². The van der Waals surface area contributed by atoms with Crippen LogP contribution in [0.5, 0.6) is 5.88 Å². The van der Waals surface area contributed by atoms with E-state index in [-0.39, 0.29) is 6.10 Å². The van der Waals surface area contributed by atoms with Crippen molar-refractivity contribution < 1.29 is 4.74 Å². The SMILES string of the molecule is CNc1ncc(C)c(OC(C)C(C)C)n1. The van der Waals surface area contributed by atoms with Crippen molar-refractivity contribution in [3.63, 3.8) is 0 Å². The van der Waals surface area contributed by atoms with Crippen molar-refractivity contribution in [1.29, 1.82) is 0 Å². The number of hydrogen-bond donors (Lipinski definition) is 1. The number of nitrogens with one attached hydrogen (secondary N) is 1. The van der Waals surface area contributed by atoms with Gasteiger partial charge in [0, 0.05) is 18.8 Å². The van der Waals surface area contributed by atoms with Crippen LogP contribution in [0, 0.1) is 12.8 Å². The molecule has 0 saturated heterocycles. The Morgan fingerprint density at radius 1 is 1.33 bits per heavy atom. The lowest BCUT2D eigenvalue weighted by Crippen LogP contribution is -2.20. The number of ether oxygens (including phenoxy) is 1. The van der Waals surface area contributed by atoms with Gasteiger partial charge < -0.3 is 10.1 Å². The summed E-state index contributed by atoms with van der Waals surface area (Å²) in [6.45, 7) is 8.24. The fraction of sp³-hybridized carbons (Fsp3) is 0.636. The van der Waals surface area contributed by atoms with Crippen LogP contribution >= 0.6 is 0 Å². The van der Waals surface area contributed by atoms with E-state index in [1.54, 1.807) is 13.2 Å².